The summed E-state index contributed by atoms with van der Waals surface area (Å²) in [7, 11) is 0. The number of rotatable bonds is 5. The van der Waals surface area contributed by atoms with Crippen molar-refractivity contribution in [3.63, 3.8) is 0 Å². The molecule has 1 aliphatic heterocycles. The number of carbonyl (C=O) groups excluding carboxylic acids is 1. The molecule has 3 heterocycles. The van der Waals surface area contributed by atoms with Crippen LogP contribution in [0.25, 0.3) is 17.4 Å². The molecule has 0 saturated heterocycles. The molecule has 5 rings (SSSR count). The number of ether oxygens (including phenoxy) is 1. The summed E-state index contributed by atoms with van der Waals surface area (Å²) in [6.07, 6.45) is 1.70. The summed E-state index contributed by atoms with van der Waals surface area (Å²) in [6, 6.07) is 19.8. The van der Waals surface area contributed by atoms with Crippen LogP contribution in [0, 0.1) is 0 Å². The third-order valence-electron chi connectivity index (χ3n) is 5.66. The summed E-state index contributed by atoms with van der Waals surface area (Å²) in [6.45, 7) is 3.75. The monoisotopic (exact) mass is 504 g/mol. The molecular weight excluding hydrogens is 484 g/mol. The fraction of sp³-hybridized carbons (Fsp3) is 0.148. The van der Waals surface area contributed by atoms with Gasteiger partial charge in [0.15, 0.2) is 4.80 Å². The number of benzene rings is 2. The molecule has 0 bridgehead atoms. The normalized spacial score (nSPS) is 15.6. The number of halogens is 1. The zero-order valence-corrected chi connectivity index (χ0v) is 20.6. The van der Waals surface area contributed by atoms with Crippen molar-refractivity contribution in [2.45, 2.75) is 19.9 Å². The number of carbonyl (C=O) groups is 1. The van der Waals surface area contributed by atoms with Crippen LogP contribution in [0.1, 0.15) is 31.2 Å². The van der Waals surface area contributed by atoms with Crippen molar-refractivity contribution in [3.05, 3.63) is 114 Å². The zero-order chi connectivity index (χ0) is 24.5. The van der Waals surface area contributed by atoms with E-state index in [4.69, 9.17) is 20.8 Å². The van der Waals surface area contributed by atoms with Gasteiger partial charge in [0.05, 0.1) is 28.5 Å². The minimum Gasteiger partial charge on any atom is -0.463 e. The summed E-state index contributed by atoms with van der Waals surface area (Å²) in [5.41, 5.74) is 2.34. The lowest BCUT2D eigenvalue weighted by Gasteiger charge is -2.24. The number of hydrogen-bond acceptors (Lipinski definition) is 6. The van der Waals surface area contributed by atoms with Crippen molar-refractivity contribution in [2.75, 3.05) is 6.61 Å². The molecule has 0 aliphatic carbocycles. The summed E-state index contributed by atoms with van der Waals surface area (Å²) in [5, 5.41) is 0.645. The van der Waals surface area contributed by atoms with Crippen LogP contribution in [0.15, 0.2) is 92.2 Å². The molecule has 176 valence electrons. The number of aromatic nitrogens is 1. The van der Waals surface area contributed by atoms with Crippen LogP contribution in [-0.2, 0) is 9.53 Å². The summed E-state index contributed by atoms with van der Waals surface area (Å²) in [5.74, 6) is 0.733. The molecule has 2 aromatic heterocycles. The van der Waals surface area contributed by atoms with Gasteiger partial charge in [-0.15, -0.1) is 0 Å². The molecule has 4 aromatic rings. The molecule has 1 aliphatic rings. The molecule has 1 atom stereocenters. The van der Waals surface area contributed by atoms with Gasteiger partial charge in [-0.05, 0) is 55.8 Å². The largest absolute Gasteiger partial charge is 0.463 e. The van der Waals surface area contributed by atoms with Crippen molar-refractivity contribution in [2.24, 2.45) is 4.99 Å². The Morgan fingerprint density at radius 2 is 1.89 bits per heavy atom. The predicted octanol–water partition coefficient (Wildman–Crippen LogP) is 4.71. The van der Waals surface area contributed by atoms with Crippen molar-refractivity contribution in [1.82, 2.24) is 4.57 Å². The standard InChI is InChI=1S/C27H21ClN2O4S/c1-3-33-26(32)23-16(2)29-27-30(24(23)18-7-5-4-6-8-18)25(31)22(35-27)15-20-13-14-21(34-20)17-9-11-19(28)12-10-17/h4-15,24H,3H2,1-2H3/t24-/m0/s1. The van der Waals surface area contributed by atoms with Crippen molar-refractivity contribution >= 4 is 35.0 Å². The molecule has 2 aromatic carbocycles. The van der Waals surface area contributed by atoms with E-state index >= 15 is 0 Å². The van der Waals surface area contributed by atoms with Crippen LogP contribution in [0.2, 0.25) is 5.02 Å². The molecule has 0 unspecified atom stereocenters. The van der Waals surface area contributed by atoms with Crippen LogP contribution in [-0.4, -0.2) is 17.1 Å². The van der Waals surface area contributed by atoms with E-state index in [1.807, 2.05) is 54.6 Å². The van der Waals surface area contributed by atoms with E-state index in [0.717, 1.165) is 11.1 Å². The van der Waals surface area contributed by atoms with Gasteiger partial charge in [-0.3, -0.25) is 9.36 Å². The molecule has 8 heteroatoms. The molecule has 0 amide bonds. The van der Waals surface area contributed by atoms with Crippen molar-refractivity contribution < 1.29 is 13.9 Å². The van der Waals surface area contributed by atoms with Gasteiger partial charge in [0.2, 0.25) is 0 Å². The Labute approximate surface area is 210 Å². The Morgan fingerprint density at radius 1 is 1.14 bits per heavy atom. The lowest BCUT2D eigenvalue weighted by atomic mass is 9.96. The first-order valence-corrected chi connectivity index (χ1v) is 12.3. The smallest absolute Gasteiger partial charge is 0.338 e. The van der Waals surface area contributed by atoms with Crippen LogP contribution >= 0.6 is 22.9 Å². The minimum absolute atomic E-state index is 0.232. The van der Waals surface area contributed by atoms with Crippen LogP contribution < -0.4 is 14.9 Å². The van der Waals surface area contributed by atoms with Gasteiger partial charge >= 0.3 is 5.97 Å². The first-order chi connectivity index (χ1) is 17.0. The Kier molecular flexibility index (Phi) is 6.28. The molecule has 0 spiro atoms. The second-order valence-corrected chi connectivity index (χ2v) is 9.37. The van der Waals surface area contributed by atoms with Gasteiger partial charge < -0.3 is 9.15 Å². The summed E-state index contributed by atoms with van der Waals surface area (Å²) < 4.78 is 13.3. The molecule has 6 nitrogen and oxygen atoms in total. The highest BCUT2D eigenvalue weighted by Gasteiger charge is 2.33. The zero-order valence-electron chi connectivity index (χ0n) is 19.0. The van der Waals surface area contributed by atoms with Crippen LogP contribution in [0.3, 0.4) is 0 Å². The maximum absolute atomic E-state index is 13.6. The van der Waals surface area contributed by atoms with Crippen molar-refractivity contribution in [3.8, 4) is 11.3 Å². The highest BCUT2D eigenvalue weighted by atomic mass is 35.5. The molecular formula is C27H21ClN2O4S. The minimum atomic E-state index is -0.630. The highest BCUT2D eigenvalue weighted by Crippen LogP contribution is 2.30. The van der Waals surface area contributed by atoms with E-state index in [0.29, 0.717) is 37.1 Å². The maximum atomic E-state index is 13.6. The Bertz CT molecular complexity index is 1610. The SMILES string of the molecule is CCOC(=O)C1=C(C)N=c2sc(=Cc3ccc(-c4ccc(Cl)cc4)o3)c(=O)n2[C@H]1c1ccccc1. The molecule has 0 saturated carbocycles. The Balaban J connectivity index is 1.62. The molecule has 35 heavy (non-hydrogen) atoms. The molecule has 0 N–H and O–H groups in total. The number of hydrogen-bond donors (Lipinski definition) is 0. The number of fused-ring (bicyclic) bond motifs is 1. The summed E-state index contributed by atoms with van der Waals surface area (Å²) in [4.78, 5) is 31.6. The predicted molar refractivity (Wildman–Crippen MR) is 136 cm³/mol. The van der Waals surface area contributed by atoms with E-state index in [9.17, 15) is 9.59 Å². The van der Waals surface area contributed by atoms with E-state index < -0.39 is 12.0 Å². The average molecular weight is 505 g/mol. The second kappa shape index (κ2) is 9.52. The number of furan rings is 1. The fourth-order valence-electron chi connectivity index (χ4n) is 4.07. The number of esters is 1. The first kappa shape index (κ1) is 23.1. The van der Waals surface area contributed by atoms with E-state index in [-0.39, 0.29) is 12.2 Å². The Hall–Kier alpha value is -3.68. The third kappa shape index (κ3) is 4.40. The van der Waals surface area contributed by atoms with Crippen LogP contribution in [0.4, 0.5) is 0 Å². The number of allylic oxidation sites excluding steroid dienone is 1. The van der Waals surface area contributed by atoms with Gasteiger partial charge in [-0.25, -0.2) is 9.79 Å². The first-order valence-electron chi connectivity index (χ1n) is 11.1. The van der Waals surface area contributed by atoms with E-state index in [1.165, 1.54) is 11.3 Å². The molecule has 0 radical (unpaired) electrons. The van der Waals surface area contributed by atoms with Gasteiger partial charge in [-0.1, -0.05) is 53.3 Å². The van der Waals surface area contributed by atoms with Gasteiger partial charge in [-0.2, -0.15) is 0 Å². The van der Waals surface area contributed by atoms with Gasteiger partial charge in [0, 0.05) is 16.7 Å². The second-order valence-electron chi connectivity index (χ2n) is 7.92. The topological polar surface area (TPSA) is 73.8 Å². The fourth-order valence-corrected chi connectivity index (χ4v) is 5.22. The quantitative estimate of drug-likeness (QED) is 0.369. The maximum Gasteiger partial charge on any atom is 0.338 e. The highest BCUT2D eigenvalue weighted by molar-refractivity contribution is 7.07. The van der Waals surface area contributed by atoms with E-state index in [2.05, 4.69) is 4.99 Å². The lowest BCUT2D eigenvalue weighted by molar-refractivity contribution is -0.139. The summed E-state index contributed by atoms with van der Waals surface area (Å²) >= 11 is 7.24. The molecule has 0 fully saturated rings. The number of nitrogens with zero attached hydrogens (tertiary/aromatic N) is 2. The Morgan fingerprint density at radius 3 is 2.60 bits per heavy atom. The lowest BCUT2D eigenvalue weighted by Crippen LogP contribution is -2.39. The third-order valence-corrected chi connectivity index (χ3v) is 6.90. The van der Waals surface area contributed by atoms with Gasteiger partial charge in [0.25, 0.3) is 5.56 Å². The average Bonchev–Trinajstić information content (AvgIpc) is 3.44. The van der Waals surface area contributed by atoms with Crippen LogP contribution in [0.5, 0.6) is 0 Å². The van der Waals surface area contributed by atoms with E-state index in [1.54, 1.807) is 36.6 Å². The van der Waals surface area contributed by atoms with Gasteiger partial charge in [0.1, 0.15) is 11.5 Å². The number of thiazole rings is 1. The van der Waals surface area contributed by atoms with Crippen molar-refractivity contribution in [1.29, 1.82) is 0 Å².